The molecule has 1 heterocycles. The Morgan fingerprint density at radius 1 is 1.25 bits per heavy atom. The summed E-state index contributed by atoms with van der Waals surface area (Å²) in [5.74, 6) is 1.08. The van der Waals surface area contributed by atoms with Gasteiger partial charge in [-0.2, -0.15) is 0 Å². The fourth-order valence-corrected chi connectivity index (χ4v) is 3.13. The number of nitrogens with zero attached hydrogens (tertiary/aromatic N) is 1. The highest BCUT2D eigenvalue weighted by molar-refractivity contribution is 5.94. The minimum absolute atomic E-state index is 0.147. The van der Waals surface area contributed by atoms with Crippen molar-refractivity contribution >= 4 is 5.84 Å². The molecule has 20 heavy (non-hydrogen) atoms. The predicted molar refractivity (Wildman–Crippen MR) is 85.0 cm³/mol. The van der Waals surface area contributed by atoms with Gasteiger partial charge in [-0.15, -0.1) is 0 Å². The van der Waals surface area contributed by atoms with E-state index in [-0.39, 0.29) is 5.84 Å². The third kappa shape index (κ3) is 4.34. The Kier molecular flexibility index (Phi) is 5.60. The van der Waals surface area contributed by atoms with E-state index in [1.54, 1.807) is 0 Å². The molecular weight excluding hydrogens is 246 g/mol. The molecule has 0 radical (unpaired) electrons. The van der Waals surface area contributed by atoms with Crippen molar-refractivity contribution in [3.63, 3.8) is 0 Å². The number of hydrogen-bond donors (Lipinski definition) is 2. The highest BCUT2D eigenvalue weighted by atomic mass is 15.1. The van der Waals surface area contributed by atoms with Crippen molar-refractivity contribution in [3.8, 4) is 0 Å². The maximum Gasteiger partial charge on any atom is 0.122 e. The fraction of sp³-hybridized carbons (Fsp3) is 0.588. The molecule has 3 N–H and O–H groups in total. The molecule has 1 saturated heterocycles. The van der Waals surface area contributed by atoms with Gasteiger partial charge in [-0.1, -0.05) is 44.0 Å². The summed E-state index contributed by atoms with van der Waals surface area (Å²) in [6, 6.07) is 8.11. The maximum absolute atomic E-state index is 7.42. The monoisotopic (exact) mass is 273 g/mol. The SMILES string of the molecule is CCCC1CCCN(Cc2ccc(C(=N)N)cc2)CC1. The summed E-state index contributed by atoms with van der Waals surface area (Å²) in [6.45, 7) is 5.75. The van der Waals surface area contributed by atoms with Gasteiger partial charge in [0.25, 0.3) is 0 Å². The number of hydrogen-bond acceptors (Lipinski definition) is 2. The minimum atomic E-state index is 0.147. The molecule has 1 aromatic carbocycles. The number of amidine groups is 1. The average Bonchev–Trinajstić information content (AvgIpc) is 2.66. The van der Waals surface area contributed by atoms with E-state index in [1.807, 2.05) is 12.1 Å². The van der Waals surface area contributed by atoms with E-state index in [0.29, 0.717) is 0 Å². The summed E-state index contributed by atoms with van der Waals surface area (Å²) in [6.07, 6.45) is 6.78. The van der Waals surface area contributed by atoms with Crippen molar-refractivity contribution in [1.29, 1.82) is 5.41 Å². The van der Waals surface area contributed by atoms with Crippen LogP contribution in [-0.2, 0) is 6.54 Å². The molecule has 0 spiro atoms. The Morgan fingerprint density at radius 2 is 2.00 bits per heavy atom. The van der Waals surface area contributed by atoms with Gasteiger partial charge in [-0.25, -0.2) is 0 Å². The number of nitrogens with one attached hydrogen (secondary N) is 1. The molecule has 0 saturated carbocycles. The average molecular weight is 273 g/mol. The van der Waals surface area contributed by atoms with Crippen LogP contribution in [0.25, 0.3) is 0 Å². The van der Waals surface area contributed by atoms with Crippen molar-refractivity contribution in [2.45, 2.75) is 45.6 Å². The Labute approximate surface area is 122 Å². The van der Waals surface area contributed by atoms with Crippen molar-refractivity contribution in [3.05, 3.63) is 35.4 Å². The van der Waals surface area contributed by atoms with Gasteiger partial charge in [-0.3, -0.25) is 10.3 Å². The molecule has 3 heteroatoms. The van der Waals surface area contributed by atoms with Gasteiger partial charge in [0.05, 0.1) is 0 Å². The van der Waals surface area contributed by atoms with E-state index in [0.717, 1.165) is 18.0 Å². The van der Waals surface area contributed by atoms with Crippen LogP contribution in [0.4, 0.5) is 0 Å². The van der Waals surface area contributed by atoms with Crippen LogP contribution in [0.1, 0.15) is 50.2 Å². The number of likely N-dealkylation sites (tertiary alicyclic amines) is 1. The highest BCUT2D eigenvalue weighted by Gasteiger charge is 2.16. The molecule has 0 bridgehead atoms. The second-order valence-electron chi connectivity index (χ2n) is 5.97. The maximum atomic E-state index is 7.42. The molecule has 1 atom stereocenters. The molecule has 1 unspecified atom stereocenters. The number of nitrogens with two attached hydrogens (primary N) is 1. The lowest BCUT2D eigenvalue weighted by molar-refractivity contribution is 0.271. The van der Waals surface area contributed by atoms with E-state index in [1.165, 1.54) is 50.8 Å². The van der Waals surface area contributed by atoms with Crippen molar-refractivity contribution < 1.29 is 0 Å². The molecule has 0 amide bonds. The van der Waals surface area contributed by atoms with Crippen LogP contribution in [-0.4, -0.2) is 23.8 Å². The summed E-state index contributed by atoms with van der Waals surface area (Å²) in [5.41, 5.74) is 7.62. The molecule has 0 aliphatic carbocycles. The van der Waals surface area contributed by atoms with Crippen LogP contribution < -0.4 is 5.73 Å². The van der Waals surface area contributed by atoms with Crippen LogP contribution >= 0.6 is 0 Å². The summed E-state index contributed by atoms with van der Waals surface area (Å²) in [4.78, 5) is 2.57. The van der Waals surface area contributed by atoms with Crippen LogP contribution in [0.15, 0.2) is 24.3 Å². The van der Waals surface area contributed by atoms with Gasteiger partial charge in [0.1, 0.15) is 5.84 Å². The van der Waals surface area contributed by atoms with Crippen LogP contribution in [0.3, 0.4) is 0 Å². The molecule has 2 rings (SSSR count). The molecule has 1 aromatic rings. The zero-order valence-corrected chi connectivity index (χ0v) is 12.6. The van der Waals surface area contributed by atoms with Gasteiger partial charge < -0.3 is 5.73 Å². The molecule has 110 valence electrons. The highest BCUT2D eigenvalue weighted by Crippen LogP contribution is 2.22. The Morgan fingerprint density at radius 3 is 2.65 bits per heavy atom. The third-order valence-electron chi connectivity index (χ3n) is 4.31. The third-order valence-corrected chi connectivity index (χ3v) is 4.31. The van der Waals surface area contributed by atoms with Crippen molar-refractivity contribution in [2.75, 3.05) is 13.1 Å². The van der Waals surface area contributed by atoms with Gasteiger partial charge in [0.2, 0.25) is 0 Å². The summed E-state index contributed by atoms with van der Waals surface area (Å²) >= 11 is 0. The summed E-state index contributed by atoms with van der Waals surface area (Å²) in [5, 5.41) is 7.42. The smallest absolute Gasteiger partial charge is 0.122 e. The van der Waals surface area contributed by atoms with E-state index < -0.39 is 0 Å². The number of nitrogen functional groups attached to an aromatic ring is 1. The largest absolute Gasteiger partial charge is 0.384 e. The lowest BCUT2D eigenvalue weighted by Gasteiger charge is -2.20. The molecular formula is C17H27N3. The molecule has 1 fully saturated rings. The first-order valence-electron chi connectivity index (χ1n) is 7.84. The van der Waals surface area contributed by atoms with E-state index >= 15 is 0 Å². The lowest BCUT2D eigenvalue weighted by atomic mass is 9.96. The van der Waals surface area contributed by atoms with Crippen LogP contribution in [0.2, 0.25) is 0 Å². The summed E-state index contributed by atoms with van der Waals surface area (Å²) in [7, 11) is 0. The normalized spacial score (nSPS) is 20.6. The van der Waals surface area contributed by atoms with E-state index in [9.17, 15) is 0 Å². The van der Waals surface area contributed by atoms with Crippen LogP contribution in [0.5, 0.6) is 0 Å². The first-order valence-corrected chi connectivity index (χ1v) is 7.84. The quantitative estimate of drug-likeness (QED) is 0.638. The number of rotatable bonds is 5. The summed E-state index contributed by atoms with van der Waals surface area (Å²) < 4.78 is 0. The zero-order valence-electron chi connectivity index (χ0n) is 12.6. The Balaban J connectivity index is 1.88. The second-order valence-corrected chi connectivity index (χ2v) is 5.97. The van der Waals surface area contributed by atoms with E-state index in [4.69, 9.17) is 11.1 Å². The first-order chi connectivity index (χ1) is 9.69. The van der Waals surface area contributed by atoms with E-state index in [2.05, 4.69) is 24.0 Å². The van der Waals surface area contributed by atoms with Crippen molar-refractivity contribution in [2.24, 2.45) is 11.7 Å². The Bertz CT molecular complexity index is 424. The lowest BCUT2D eigenvalue weighted by Crippen LogP contribution is -2.24. The van der Waals surface area contributed by atoms with Gasteiger partial charge >= 0.3 is 0 Å². The topological polar surface area (TPSA) is 53.1 Å². The van der Waals surface area contributed by atoms with Crippen molar-refractivity contribution in [1.82, 2.24) is 4.90 Å². The standard InChI is InChI=1S/C17H27N3/c1-2-4-14-5-3-11-20(12-10-14)13-15-6-8-16(9-7-15)17(18)19/h6-9,14H,2-5,10-13H2,1H3,(H3,18,19). The fourth-order valence-electron chi connectivity index (χ4n) is 3.13. The van der Waals surface area contributed by atoms with Crippen LogP contribution in [0, 0.1) is 11.3 Å². The van der Waals surface area contributed by atoms with Gasteiger partial charge in [0, 0.05) is 12.1 Å². The minimum Gasteiger partial charge on any atom is -0.384 e. The molecule has 1 aliphatic heterocycles. The predicted octanol–water partition coefficient (Wildman–Crippen LogP) is 3.37. The van der Waals surface area contributed by atoms with Gasteiger partial charge in [-0.05, 0) is 43.8 Å². The van der Waals surface area contributed by atoms with Gasteiger partial charge in [0.15, 0.2) is 0 Å². The first kappa shape index (κ1) is 15.0. The molecule has 3 nitrogen and oxygen atoms in total. The molecule has 0 aromatic heterocycles. The zero-order chi connectivity index (χ0) is 14.4. The second kappa shape index (κ2) is 7.44. The Hall–Kier alpha value is -1.35. The molecule has 1 aliphatic rings. The number of benzene rings is 1.